The molecule has 0 radical (unpaired) electrons. The minimum absolute atomic E-state index is 0. The predicted octanol–water partition coefficient (Wildman–Crippen LogP) is 2.21. The Morgan fingerprint density at radius 1 is 1.25 bits per heavy atom. The van der Waals surface area contributed by atoms with Crippen molar-refractivity contribution in [1.29, 1.82) is 0 Å². The fourth-order valence-corrected chi connectivity index (χ4v) is 0.688. The van der Waals surface area contributed by atoms with Gasteiger partial charge in [0, 0.05) is 12.4 Å². The third kappa shape index (κ3) is 2.88. The van der Waals surface area contributed by atoms with Crippen LogP contribution in [-0.2, 0) is 0 Å². The largest absolute Gasteiger partial charge is 0.264 e. The number of hydrogen-bond acceptors (Lipinski definition) is 2. The van der Waals surface area contributed by atoms with Crippen LogP contribution in [0.1, 0.15) is 0 Å². The van der Waals surface area contributed by atoms with Crippen LogP contribution >= 0.6 is 24.2 Å². The lowest BCUT2D eigenvalue weighted by molar-refractivity contribution is 1.63. The smallest absolute Gasteiger partial charge is 0.0334 e. The molecule has 0 N–H and O–H groups in total. The Bertz CT molecular complexity index is 114. The Kier molecular flexibility index (Phi) is 4.81. The van der Waals surface area contributed by atoms with E-state index in [1.807, 2.05) is 16.9 Å². The maximum absolute atomic E-state index is 3.86. The van der Waals surface area contributed by atoms with Gasteiger partial charge < -0.3 is 0 Å². The molecule has 1 aliphatic heterocycles. The Hall–Kier alpha value is -0.210. The van der Waals surface area contributed by atoms with Crippen LogP contribution in [0.15, 0.2) is 28.1 Å². The molecule has 0 saturated carbocycles. The van der Waals surface area contributed by atoms with Crippen LogP contribution in [0.4, 0.5) is 0 Å². The van der Waals surface area contributed by atoms with E-state index in [2.05, 4.69) is 4.99 Å². The molecule has 0 spiro atoms. The molecule has 1 heterocycles. The molecule has 0 aromatic carbocycles. The third-order valence-corrected chi connectivity index (χ3v) is 1.15. The summed E-state index contributed by atoms with van der Waals surface area (Å²) >= 11 is 1.63. The van der Waals surface area contributed by atoms with Crippen LogP contribution in [0.5, 0.6) is 0 Å². The van der Waals surface area contributed by atoms with Gasteiger partial charge >= 0.3 is 0 Å². The van der Waals surface area contributed by atoms with Crippen molar-refractivity contribution < 1.29 is 0 Å². The van der Waals surface area contributed by atoms with Gasteiger partial charge in [0.1, 0.15) is 0 Å². The molecule has 0 aliphatic carbocycles. The molecule has 0 fully saturated rings. The summed E-state index contributed by atoms with van der Waals surface area (Å²) in [4.78, 5) is 3.86. The minimum Gasteiger partial charge on any atom is -0.264 e. The second-order valence-electron chi connectivity index (χ2n) is 1.05. The van der Waals surface area contributed by atoms with Crippen LogP contribution < -0.4 is 0 Å². The topological polar surface area (TPSA) is 12.4 Å². The molecule has 0 amide bonds. The van der Waals surface area contributed by atoms with Crippen LogP contribution in [0, 0.1) is 0 Å². The van der Waals surface area contributed by atoms with Crippen LogP contribution in [0.2, 0.25) is 0 Å². The van der Waals surface area contributed by atoms with Gasteiger partial charge in [-0.25, -0.2) is 0 Å². The Labute approximate surface area is 59.0 Å². The Balaban J connectivity index is 0.000000490. The molecule has 1 aliphatic rings. The second kappa shape index (κ2) is 4.94. The molecule has 0 unspecified atom stereocenters. The molecule has 3 heteroatoms. The number of thioether (sulfide) groups is 1. The molecule has 44 valence electrons. The lowest BCUT2D eigenvalue weighted by atomic mass is 10.7. The second-order valence-corrected chi connectivity index (χ2v) is 1.86. The zero-order valence-electron chi connectivity index (χ0n) is 4.15. The van der Waals surface area contributed by atoms with E-state index in [9.17, 15) is 0 Å². The molecule has 0 bridgehead atoms. The minimum atomic E-state index is 0. The lowest BCUT2D eigenvalue weighted by Crippen LogP contribution is -1.52. The van der Waals surface area contributed by atoms with Crippen molar-refractivity contribution in [3.63, 3.8) is 0 Å². The van der Waals surface area contributed by atoms with E-state index in [0.29, 0.717) is 0 Å². The average molecular weight is 148 g/mol. The molecule has 1 rings (SSSR count). The molecule has 0 saturated heterocycles. The molecule has 0 atom stereocenters. The van der Waals surface area contributed by atoms with Gasteiger partial charge in [-0.15, -0.1) is 24.2 Å². The van der Waals surface area contributed by atoms with Crippen molar-refractivity contribution in [2.24, 2.45) is 4.99 Å². The first-order valence-electron chi connectivity index (χ1n) is 1.99. The fraction of sp³-hybridized carbons (Fsp3) is 0. The summed E-state index contributed by atoms with van der Waals surface area (Å²) in [6.45, 7) is 0. The van der Waals surface area contributed by atoms with E-state index in [1.165, 1.54) is 0 Å². The van der Waals surface area contributed by atoms with Gasteiger partial charge in [0.2, 0.25) is 0 Å². The van der Waals surface area contributed by atoms with Crippen LogP contribution in [0.25, 0.3) is 0 Å². The standard InChI is InChI=1S/C5H5NS.ClH/c1-2-6-3-5-7-4-1;/h1-5H;1H. The molecule has 1 nitrogen and oxygen atoms in total. The van der Waals surface area contributed by atoms with E-state index < -0.39 is 0 Å². The SMILES string of the molecule is C1=CSC=CN=C1.Cl. The number of rotatable bonds is 0. The van der Waals surface area contributed by atoms with Crippen molar-refractivity contribution in [3.8, 4) is 0 Å². The Morgan fingerprint density at radius 2 is 2.12 bits per heavy atom. The summed E-state index contributed by atoms with van der Waals surface area (Å²) in [6.07, 6.45) is 5.44. The quantitative estimate of drug-likeness (QED) is 0.512. The first-order chi connectivity index (χ1) is 3.50. The first kappa shape index (κ1) is 7.79. The number of halogens is 1. The first-order valence-corrected chi connectivity index (χ1v) is 2.93. The monoisotopic (exact) mass is 147 g/mol. The highest BCUT2D eigenvalue weighted by Crippen LogP contribution is 2.04. The summed E-state index contributed by atoms with van der Waals surface area (Å²) in [5.41, 5.74) is 0. The van der Waals surface area contributed by atoms with Gasteiger partial charge in [-0.1, -0.05) is 0 Å². The van der Waals surface area contributed by atoms with Crippen molar-refractivity contribution in [2.75, 3.05) is 0 Å². The van der Waals surface area contributed by atoms with E-state index >= 15 is 0 Å². The maximum Gasteiger partial charge on any atom is 0.0334 e. The zero-order chi connectivity index (χ0) is 4.95. The van der Waals surface area contributed by atoms with Gasteiger partial charge in [-0.05, 0) is 16.9 Å². The van der Waals surface area contributed by atoms with Crippen LogP contribution in [-0.4, -0.2) is 6.21 Å². The molecular weight excluding hydrogens is 142 g/mol. The molecular formula is C5H6ClNS. The highest BCUT2D eigenvalue weighted by atomic mass is 35.5. The van der Waals surface area contributed by atoms with E-state index in [4.69, 9.17) is 0 Å². The number of hydrogen-bond donors (Lipinski definition) is 0. The van der Waals surface area contributed by atoms with Crippen molar-refractivity contribution in [3.05, 3.63) is 23.1 Å². The zero-order valence-corrected chi connectivity index (χ0v) is 5.78. The Morgan fingerprint density at radius 3 is 3.00 bits per heavy atom. The van der Waals surface area contributed by atoms with Crippen molar-refractivity contribution >= 4 is 30.4 Å². The molecule has 0 aromatic heterocycles. The van der Waals surface area contributed by atoms with Gasteiger partial charge in [-0.3, -0.25) is 4.99 Å². The van der Waals surface area contributed by atoms with Gasteiger partial charge in [0.15, 0.2) is 0 Å². The number of allylic oxidation sites excluding steroid dienone is 1. The molecule has 8 heavy (non-hydrogen) atoms. The fourth-order valence-electron chi connectivity index (χ4n) is 0.296. The highest BCUT2D eigenvalue weighted by Gasteiger charge is 1.71. The molecule has 0 aromatic rings. The third-order valence-electron chi connectivity index (χ3n) is 0.555. The summed E-state index contributed by atoms with van der Waals surface area (Å²) in [5.74, 6) is 0. The number of nitrogens with zero attached hydrogens (tertiary/aromatic N) is 1. The van der Waals surface area contributed by atoms with Gasteiger partial charge in [0.05, 0.1) is 0 Å². The normalized spacial score (nSPS) is 15.0. The number of aliphatic imine (C=N–C) groups is 1. The van der Waals surface area contributed by atoms with Gasteiger partial charge in [0.25, 0.3) is 0 Å². The average Bonchev–Trinajstić information content (AvgIpc) is 1.90. The van der Waals surface area contributed by atoms with Crippen molar-refractivity contribution in [2.45, 2.75) is 0 Å². The summed E-state index contributed by atoms with van der Waals surface area (Å²) in [7, 11) is 0. The van der Waals surface area contributed by atoms with E-state index in [0.717, 1.165) is 0 Å². The maximum atomic E-state index is 3.86. The highest BCUT2D eigenvalue weighted by molar-refractivity contribution is 8.04. The van der Waals surface area contributed by atoms with E-state index in [1.54, 1.807) is 24.2 Å². The summed E-state index contributed by atoms with van der Waals surface area (Å²) in [5, 5.41) is 3.91. The summed E-state index contributed by atoms with van der Waals surface area (Å²) in [6, 6.07) is 0. The van der Waals surface area contributed by atoms with E-state index in [-0.39, 0.29) is 12.4 Å². The summed E-state index contributed by atoms with van der Waals surface area (Å²) < 4.78 is 0. The predicted molar refractivity (Wildman–Crippen MR) is 41.6 cm³/mol. The van der Waals surface area contributed by atoms with Crippen LogP contribution in [0.3, 0.4) is 0 Å². The van der Waals surface area contributed by atoms with Crippen molar-refractivity contribution in [1.82, 2.24) is 0 Å². The lowest BCUT2D eigenvalue weighted by Gasteiger charge is -1.68. The van der Waals surface area contributed by atoms with Gasteiger partial charge in [-0.2, -0.15) is 0 Å².